The Hall–Kier alpha value is -0.520. The van der Waals surface area contributed by atoms with E-state index >= 15 is 0 Å². The van der Waals surface area contributed by atoms with Crippen LogP contribution < -0.4 is 5.32 Å². The molecular formula is C13H15Cl3N2O2. The number of aliphatic hydroxyl groups excluding tert-OH is 1. The van der Waals surface area contributed by atoms with Crippen molar-refractivity contribution >= 4 is 46.4 Å². The van der Waals surface area contributed by atoms with E-state index in [4.69, 9.17) is 34.8 Å². The van der Waals surface area contributed by atoms with Gasteiger partial charge < -0.3 is 10.4 Å². The number of rotatable bonds is 4. The summed E-state index contributed by atoms with van der Waals surface area (Å²) < 4.78 is 0. The first-order valence-corrected chi connectivity index (χ1v) is 7.44. The summed E-state index contributed by atoms with van der Waals surface area (Å²) in [4.78, 5) is 14.0. The van der Waals surface area contributed by atoms with Crippen LogP contribution in [0.25, 0.3) is 0 Å². The van der Waals surface area contributed by atoms with Gasteiger partial charge in [0.05, 0.1) is 33.9 Å². The summed E-state index contributed by atoms with van der Waals surface area (Å²) in [6.07, 6.45) is 1.91. The third-order valence-electron chi connectivity index (χ3n) is 3.34. The highest BCUT2D eigenvalue weighted by Gasteiger charge is 2.25. The number of amides is 1. The average Bonchev–Trinajstić information content (AvgIpc) is 2.83. The molecule has 1 saturated heterocycles. The lowest BCUT2D eigenvalue weighted by Gasteiger charge is -2.22. The molecule has 1 amide bonds. The SMILES string of the molecule is O=C(CN1CCC[C@@H]1CO)Nc1cc(Cl)c(Cl)cc1Cl. The third kappa shape index (κ3) is 3.77. The molecule has 2 N–H and O–H groups in total. The summed E-state index contributed by atoms with van der Waals surface area (Å²) in [5.74, 6) is -0.189. The molecule has 110 valence electrons. The van der Waals surface area contributed by atoms with Crippen molar-refractivity contribution in [2.45, 2.75) is 18.9 Å². The van der Waals surface area contributed by atoms with Crippen molar-refractivity contribution in [1.29, 1.82) is 0 Å². The molecule has 2 rings (SSSR count). The number of hydrogen-bond donors (Lipinski definition) is 2. The highest BCUT2D eigenvalue weighted by Crippen LogP contribution is 2.32. The van der Waals surface area contributed by atoms with Gasteiger partial charge in [-0.1, -0.05) is 34.8 Å². The molecule has 20 heavy (non-hydrogen) atoms. The standard InChI is InChI=1S/C13H15Cl3N2O2/c14-9-4-11(16)12(5-10(9)15)17-13(20)6-18-3-1-2-8(18)7-19/h4-5,8,19H,1-3,6-7H2,(H,17,20)/t8-/m1/s1. The molecule has 1 aliphatic rings. The summed E-state index contributed by atoms with van der Waals surface area (Å²) in [5.41, 5.74) is 0.436. The maximum absolute atomic E-state index is 12.0. The van der Waals surface area contributed by atoms with Crippen LogP contribution in [0.3, 0.4) is 0 Å². The highest BCUT2D eigenvalue weighted by molar-refractivity contribution is 6.44. The zero-order valence-electron chi connectivity index (χ0n) is 10.7. The average molecular weight is 338 g/mol. The number of hydrogen-bond acceptors (Lipinski definition) is 3. The minimum absolute atomic E-state index is 0.0602. The lowest BCUT2D eigenvalue weighted by molar-refractivity contribution is -0.117. The van der Waals surface area contributed by atoms with Crippen molar-refractivity contribution in [3.05, 3.63) is 27.2 Å². The minimum atomic E-state index is -0.189. The third-order valence-corrected chi connectivity index (χ3v) is 4.38. The summed E-state index contributed by atoms with van der Waals surface area (Å²) in [7, 11) is 0. The number of benzene rings is 1. The first kappa shape index (κ1) is 15.9. The van der Waals surface area contributed by atoms with Crippen LogP contribution in [-0.4, -0.2) is 41.7 Å². The Morgan fingerprint density at radius 3 is 2.70 bits per heavy atom. The fourth-order valence-corrected chi connectivity index (χ4v) is 2.90. The van der Waals surface area contributed by atoms with Gasteiger partial charge >= 0.3 is 0 Å². The Bertz CT molecular complexity index is 511. The molecule has 1 heterocycles. The number of nitrogens with zero attached hydrogens (tertiary/aromatic N) is 1. The van der Waals surface area contributed by atoms with Crippen LogP contribution in [0.4, 0.5) is 5.69 Å². The second-order valence-electron chi connectivity index (χ2n) is 4.74. The monoisotopic (exact) mass is 336 g/mol. The molecule has 0 aliphatic carbocycles. The largest absolute Gasteiger partial charge is 0.395 e. The second-order valence-corrected chi connectivity index (χ2v) is 5.97. The molecule has 1 aliphatic heterocycles. The number of likely N-dealkylation sites (tertiary alicyclic amines) is 1. The molecule has 1 aromatic carbocycles. The Kier molecular flexibility index (Phi) is 5.52. The van der Waals surface area contributed by atoms with Gasteiger partial charge in [-0.15, -0.1) is 0 Å². The van der Waals surface area contributed by atoms with Crippen LogP contribution in [0.1, 0.15) is 12.8 Å². The smallest absolute Gasteiger partial charge is 0.238 e. The minimum Gasteiger partial charge on any atom is -0.395 e. The van der Waals surface area contributed by atoms with E-state index in [2.05, 4.69) is 5.32 Å². The molecule has 1 atom stereocenters. The molecule has 0 saturated carbocycles. The number of halogens is 3. The van der Waals surface area contributed by atoms with Gasteiger partial charge in [0.1, 0.15) is 0 Å². The molecule has 1 aromatic rings. The van der Waals surface area contributed by atoms with Gasteiger partial charge in [0.25, 0.3) is 0 Å². The maximum Gasteiger partial charge on any atom is 0.238 e. The number of carbonyl (C=O) groups is 1. The van der Waals surface area contributed by atoms with E-state index in [1.807, 2.05) is 4.90 Å². The van der Waals surface area contributed by atoms with Crippen LogP contribution in [0.5, 0.6) is 0 Å². The molecule has 0 aromatic heterocycles. The predicted octanol–water partition coefficient (Wildman–Crippen LogP) is 3.04. The molecule has 4 nitrogen and oxygen atoms in total. The normalized spacial score (nSPS) is 19.3. The van der Waals surface area contributed by atoms with E-state index in [1.165, 1.54) is 12.1 Å². The van der Waals surface area contributed by atoms with Crippen molar-refractivity contribution in [2.75, 3.05) is 25.0 Å². The molecule has 0 unspecified atom stereocenters. The van der Waals surface area contributed by atoms with E-state index in [1.54, 1.807) is 0 Å². The van der Waals surface area contributed by atoms with E-state index in [0.29, 0.717) is 20.8 Å². The predicted molar refractivity (Wildman–Crippen MR) is 81.8 cm³/mol. The molecule has 7 heteroatoms. The fourth-order valence-electron chi connectivity index (χ4n) is 2.30. The summed E-state index contributed by atoms with van der Waals surface area (Å²) in [5, 5.41) is 13.0. The summed E-state index contributed by atoms with van der Waals surface area (Å²) in [6.45, 7) is 1.11. The van der Waals surface area contributed by atoms with Gasteiger partial charge in [0.15, 0.2) is 0 Å². The summed E-state index contributed by atoms with van der Waals surface area (Å²) >= 11 is 17.7. The number of aliphatic hydroxyl groups is 1. The van der Waals surface area contributed by atoms with Crippen LogP contribution in [0.15, 0.2) is 12.1 Å². The zero-order valence-corrected chi connectivity index (χ0v) is 13.0. The van der Waals surface area contributed by atoms with Gasteiger partial charge in [-0.05, 0) is 31.5 Å². The highest BCUT2D eigenvalue weighted by atomic mass is 35.5. The van der Waals surface area contributed by atoms with E-state index in [9.17, 15) is 9.90 Å². The van der Waals surface area contributed by atoms with Crippen LogP contribution in [0, 0.1) is 0 Å². The lowest BCUT2D eigenvalue weighted by Crippen LogP contribution is -2.38. The molecule has 0 radical (unpaired) electrons. The second kappa shape index (κ2) is 6.96. The molecule has 0 bridgehead atoms. The number of carbonyl (C=O) groups excluding carboxylic acids is 1. The Morgan fingerprint density at radius 1 is 1.30 bits per heavy atom. The topological polar surface area (TPSA) is 52.6 Å². The van der Waals surface area contributed by atoms with E-state index in [0.717, 1.165) is 19.4 Å². The molecular weight excluding hydrogens is 323 g/mol. The first-order valence-electron chi connectivity index (χ1n) is 6.30. The number of nitrogens with one attached hydrogen (secondary N) is 1. The van der Waals surface area contributed by atoms with Gasteiger partial charge in [-0.25, -0.2) is 0 Å². The number of anilines is 1. The zero-order chi connectivity index (χ0) is 14.7. The molecule has 0 spiro atoms. The van der Waals surface area contributed by atoms with Crippen molar-refractivity contribution in [3.8, 4) is 0 Å². The van der Waals surface area contributed by atoms with Gasteiger partial charge in [0.2, 0.25) is 5.91 Å². The van der Waals surface area contributed by atoms with Gasteiger partial charge in [-0.2, -0.15) is 0 Å². The maximum atomic E-state index is 12.0. The lowest BCUT2D eigenvalue weighted by atomic mass is 10.2. The van der Waals surface area contributed by atoms with Crippen molar-refractivity contribution in [2.24, 2.45) is 0 Å². The van der Waals surface area contributed by atoms with Gasteiger partial charge in [0, 0.05) is 6.04 Å². The van der Waals surface area contributed by atoms with E-state index in [-0.39, 0.29) is 25.1 Å². The molecule has 1 fully saturated rings. The fraction of sp³-hybridized carbons (Fsp3) is 0.462. The Balaban J connectivity index is 1.99. The Morgan fingerprint density at radius 2 is 2.00 bits per heavy atom. The van der Waals surface area contributed by atoms with Crippen LogP contribution in [-0.2, 0) is 4.79 Å². The van der Waals surface area contributed by atoms with Crippen molar-refractivity contribution < 1.29 is 9.90 Å². The quantitative estimate of drug-likeness (QED) is 0.830. The van der Waals surface area contributed by atoms with E-state index < -0.39 is 0 Å². The first-order chi connectivity index (χ1) is 9.51. The van der Waals surface area contributed by atoms with Crippen LogP contribution >= 0.6 is 34.8 Å². The van der Waals surface area contributed by atoms with Crippen LogP contribution in [0.2, 0.25) is 15.1 Å². The Labute approximate surface area is 132 Å². The summed E-state index contributed by atoms with van der Waals surface area (Å²) in [6, 6.07) is 3.08. The van der Waals surface area contributed by atoms with Crippen molar-refractivity contribution in [3.63, 3.8) is 0 Å². The van der Waals surface area contributed by atoms with Crippen molar-refractivity contribution in [1.82, 2.24) is 4.90 Å². The van der Waals surface area contributed by atoms with Gasteiger partial charge in [-0.3, -0.25) is 9.69 Å².